The molecule has 0 N–H and O–H groups in total. The van der Waals surface area contributed by atoms with Crippen LogP contribution in [0.15, 0.2) is 11.6 Å². The number of hydrogen-bond acceptors (Lipinski definition) is 6. The molecule has 2 heterocycles. The van der Waals surface area contributed by atoms with Crippen LogP contribution in [0.2, 0.25) is 0 Å². The van der Waals surface area contributed by atoms with E-state index in [0.29, 0.717) is 18.9 Å². The minimum atomic E-state index is -0.928. The minimum absolute atomic E-state index is 0.0330. The van der Waals surface area contributed by atoms with Gasteiger partial charge in [-0.15, -0.1) is 0 Å². The van der Waals surface area contributed by atoms with Crippen LogP contribution >= 0.6 is 0 Å². The Bertz CT molecular complexity index is 843. The van der Waals surface area contributed by atoms with Crippen LogP contribution in [-0.2, 0) is 28.5 Å². The van der Waals surface area contributed by atoms with Crippen LogP contribution in [0.1, 0.15) is 60.1 Å². The van der Waals surface area contributed by atoms with Crippen LogP contribution in [-0.4, -0.2) is 43.1 Å². The molecule has 0 unspecified atom stereocenters. The molecule has 0 aromatic carbocycles. The summed E-state index contributed by atoms with van der Waals surface area (Å²) in [5, 5.41) is 0. The summed E-state index contributed by atoms with van der Waals surface area (Å²) in [6, 6.07) is 0. The van der Waals surface area contributed by atoms with Gasteiger partial charge in [0.1, 0.15) is 18.0 Å². The Morgan fingerprint density at radius 3 is 2.72 bits per heavy atom. The lowest BCUT2D eigenvalue weighted by molar-refractivity contribution is -0.246. The molecule has 0 radical (unpaired) electrons. The van der Waals surface area contributed by atoms with Crippen LogP contribution < -0.4 is 0 Å². The molecule has 4 aliphatic carbocycles. The molecule has 2 spiro atoms. The van der Waals surface area contributed by atoms with Crippen molar-refractivity contribution in [2.45, 2.75) is 70.2 Å². The summed E-state index contributed by atoms with van der Waals surface area (Å²) >= 11 is 0. The highest BCUT2D eigenvalue weighted by atomic mass is 16.9. The average Bonchev–Trinajstić information content (AvgIpc) is 3.38. The number of fused-ring (bicyclic) bond motifs is 7. The first-order chi connectivity index (χ1) is 14.3. The van der Waals surface area contributed by atoms with Gasteiger partial charge < -0.3 is 18.9 Å². The third-order valence-electron chi connectivity index (χ3n) is 9.41. The average molecular weight is 405 g/mol. The van der Waals surface area contributed by atoms with Gasteiger partial charge in [0.2, 0.25) is 5.79 Å². The van der Waals surface area contributed by atoms with Crippen LogP contribution in [0.25, 0.3) is 0 Å². The zero-order chi connectivity index (χ0) is 20.9. The van der Waals surface area contributed by atoms with Crippen LogP contribution in [0.5, 0.6) is 0 Å². The smallest absolute Gasteiger partial charge is 0.226 e. The summed E-state index contributed by atoms with van der Waals surface area (Å²) in [5.74, 6) is -0.383. The lowest BCUT2D eigenvalue weighted by atomic mass is 9.46. The van der Waals surface area contributed by atoms with Crippen LogP contribution in [0.3, 0.4) is 0 Å². The van der Waals surface area contributed by atoms with Crippen molar-refractivity contribution in [2.24, 2.45) is 28.6 Å². The van der Waals surface area contributed by atoms with E-state index in [0.717, 1.165) is 31.3 Å². The van der Waals surface area contributed by atoms with Gasteiger partial charge in [0.25, 0.3) is 0 Å². The second-order valence-electron chi connectivity index (χ2n) is 10.3. The fraction of sp³-hybridized carbons (Fsp3) is 0.826. The van der Waals surface area contributed by atoms with Crippen molar-refractivity contribution in [1.82, 2.24) is 0 Å². The first kappa shape index (κ1) is 17.6. The van der Waals surface area contributed by atoms with Gasteiger partial charge in [0.05, 0.1) is 0 Å². The molecule has 8 atom stereocenters. The highest BCUT2D eigenvalue weighted by molar-refractivity contribution is 5.93. The number of hydrogen-bond donors (Lipinski definition) is 0. The molecule has 0 aromatic heterocycles. The van der Waals surface area contributed by atoms with Crippen molar-refractivity contribution in [3.63, 3.8) is 0 Å². The Hall–Kier alpha value is -1.08. The number of rotatable bonds is 0. The first-order valence-electron chi connectivity index (χ1n) is 11.5. The van der Waals surface area contributed by atoms with Gasteiger partial charge in [-0.1, -0.05) is 19.4 Å². The Balaban J connectivity index is 1.43. The van der Waals surface area contributed by atoms with Crippen molar-refractivity contribution < 1.29 is 29.9 Å². The van der Waals surface area contributed by atoms with Gasteiger partial charge in [-0.25, -0.2) is 0 Å². The third-order valence-corrected chi connectivity index (χ3v) is 9.41. The monoisotopic (exact) mass is 405 g/mol. The van der Waals surface area contributed by atoms with Crippen molar-refractivity contribution in [3.8, 4) is 0 Å². The van der Waals surface area contributed by atoms with Gasteiger partial charge in [-0.05, 0) is 55.4 Å². The first-order valence-corrected chi connectivity index (χ1v) is 11.0. The molecular formula is C23H30O6. The van der Waals surface area contributed by atoms with Gasteiger partial charge in [0.15, 0.2) is 19.4 Å². The Morgan fingerprint density at radius 2 is 1.93 bits per heavy atom. The van der Waals surface area contributed by atoms with E-state index in [1.807, 2.05) is 0 Å². The molecule has 2 aliphatic heterocycles. The number of ketones is 2. The van der Waals surface area contributed by atoms with Crippen molar-refractivity contribution in [2.75, 3.05) is 20.2 Å². The summed E-state index contributed by atoms with van der Waals surface area (Å²) in [7, 11) is 0. The molecule has 0 bridgehead atoms. The quantitative estimate of drug-likeness (QED) is 0.577. The number of allylic oxidation sites excluding steroid dienone is 1. The Labute approximate surface area is 172 Å². The molecule has 29 heavy (non-hydrogen) atoms. The third kappa shape index (κ3) is 2.07. The van der Waals surface area contributed by atoms with Crippen molar-refractivity contribution in [3.05, 3.63) is 11.6 Å². The Morgan fingerprint density at radius 1 is 1.10 bits per heavy atom. The lowest BCUT2D eigenvalue weighted by Crippen LogP contribution is -2.65. The number of carbonyl (C=O) groups excluding carboxylic acids is 2. The highest BCUT2D eigenvalue weighted by Gasteiger charge is 2.76. The Kier molecular flexibility index (Phi) is 3.51. The van der Waals surface area contributed by atoms with Gasteiger partial charge in [-0.2, -0.15) is 0 Å². The van der Waals surface area contributed by atoms with E-state index < -0.39 is 28.6 Å². The highest BCUT2D eigenvalue weighted by Crippen LogP contribution is 2.70. The minimum Gasteiger partial charge on any atom is -0.350 e. The summed E-state index contributed by atoms with van der Waals surface area (Å²) < 4.78 is 32.7. The molecule has 3 saturated carbocycles. The second kappa shape index (κ2) is 5.78. The van der Waals surface area contributed by atoms with E-state index in [4.69, 9.17) is 20.3 Å². The molecule has 0 aromatic rings. The normalized spacial score (nSPS) is 56.9. The SMILES string of the molecule is [2H][C@H]1C[13C](=O)[13CH]=C2CC[C@@H]3[C@H](C(=O)C[C@@]4(C)[C@H]3CC[C@@]43OCO[C@]34COCO4)[C@]21C. The summed E-state index contributed by atoms with van der Waals surface area (Å²) in [4.78, 5) is 26.0. The lowest BCUT2D eigenvalue weighted by Gasteiger charge is -2.59. The second-order valence-corrected chi connectivity index (χ2v) is 10.3. The molecule has 6 nitrogen and oxygen atoms in total. The van der Waals surface area contributed by atoms with Crippen LogP contribution in [0.4, 0.5) is 0 Å². The van der Waals surface area contributed by atoms with Gasteiger partial charge >= 0.3 is 0 Å². The summed E-state index contributed by atoms with van der Waals surface area (Å²) in [6.45, 7) is 4.93. The fourth-order valence-electron chi connectivity index (χ4n) is 8.14. The summed E-state index contributed by atoms with van der Waals surface area (Å²) in [5.41, 5.74) is -0.589. The maximum Gasteiger partial charge on any atom is 0.226 e. The maximum atomic E-state index is 13.8. The molecule has 2 saturated heterocycles. The number of ether oxygens (including phenoxy) is 4. The molecular weight excluding hydrogens is 374 g/mol. The molecule has 0 amide bonds. The van der Waals surface area contributed by atoms with E-state index in [1.165, 1.54) is 0 Å². The topological polar surface area (TPSA) is 71.1 Å². The van der Waals surface area contributed by atoms with E-state index in [2.05, 4.69) is 13.8 Å². The van der Waals surface area contributed by atoms with Gasteiger partial charge in [-0.3, -0.25) is 9.59 Å². The predicted octanol–water partition coefficient (Wildman–Crippen LogP) is 3.14. The summed E-state index contributed by atoms with van der Waals surface area (Å²) in [6.07, 6.45) is 5.24. The fourth-order valence-corrected chi connectivity index (χ4v) is 8.14. The maximum absolute atomic E-state index is 13.8. The zero-order valence-corrected chi connectivity index (χ0v) is 17.2. The van der Waals surface area contributed by atoms with E-state index >= 15 is 0 Å². The molecule has 5 fully saturated rings. The van der Waals surface area contributed by atoms with Crippen molar-refractivity contribution in [1.29, 1.82) is 0 Å². The zero-order valence-electron chi connectivity index (χ0n) is 18.2. The van der Waals surface area contributed by atoms with Crippen molar-refractivity contribution >= 4 is 11.6 Å². The van der Waals surface area contributed by atoms with E-state index in [-0.39, 0.29) is 43.4 Å². The molecule has 6 rings (SSSR count). The largest absolute Gasteiger partial charge is 0.350 e. The van der Waals surface area contributed by atoms with Gasteiger partial charge in [0, 0.05) is 25.5 Å². The van der Waals surface area contributed by atoms with Crippen LogP contribution in [0, 0.1) is 28.6 Å². The van der Waals surface area contributed by atoms with E-state index in [1.54, 1.807) is 6.08 Å². The van der Waals surface area contributed by atoms with E-state index in [9.17, 15) is 9.59 Å². The molecule has 6 heteroatoms. The standard InChI is InChI=1S/C23H30O6/c1-20-7-5-15(24)9-14(20)3-4-16-17-6-8-22(21(17,2)10-18(25)19(16)20)23(29-13-27-22)11-26-12-28-23/h9,16-17,19H,3-8,10-13H2,1-2H3/t16-,17-,19+,20-,21-,22+,23+/m0/s1/i7D,9+1,15+1/t7-,16-,17-,19+,20-,21-,22+,23+. The predicted molar refractivity (Wildman–Crippen MR) is 102 cm³/mol. The molecule has 6 aliphatic rings. The molecule has 158 valence electrons. The number of carbonyl (C=O) groups is 2. The number of Topliss-reactive ketones (excluding diaryl/α,β-unsaturated/α-hetero) is 1.